The number of halogens is 2. The summed E-state index contributed by atoms with van der Waals surface area (Å²) in [5.74, 6) is -0.302. The topological polar surface area (TPSA) is 35.2 Å². The number of benzene rings is 1. The Morgan fingerprint density at radius 2 is 2.31 bits per heavy atom. The van der Waals surface area contributed by atoms with Gasteiger partial charge in [0.15, 0.2) is 0 Å². The van der Waals surface area contributed by atoms with Gasteiger partial charge in [0.2, 0.25) is 0 Å². The molecule has 1 rings (SSSR count). The summed E-state index contributed by atoms with van der Waals surface area (Å²) in [7, 11) is 1.56. The summed E-state index contributed by atoms with van der Waals surface area (Å²) >= 11 is 3.14. The lowest BCUT2D eigenvalue weighted by Gasteiger charge is -2.12. The second kappa shape index (κ2) is 4.69. The van der Waals surface area contributed by atoms with Gasteiger partial charge in [0.25, 0.3) is 0 Å². The molecule has 0 aliphatic carbocycles. The minimum Gasteiger partial charge on any atom is -0.383 e. The predicted octanol–water partition coefficient (Wildman–Crippen LogP) is 2.23. The average molecular weight is 248 g/mol. The van der Waals surface area contributed by atoms with Gasteiger partial charge in [0.1, 0.15) is 5.82 Å². The van der Waals surface area contributed by atoms with Crippen molar-refractivity contribution in [3.05, 3.63) is 34.1 Å². The molecule has 0 fully saturated rings. The Morgan fingerprint density at radius 3 is 2.92 bits per heavy atom. The molecule has 2 nitrogen and oxygen atoms in total. The molecular formula is C9H11BrFNO. The van der Waals surface area contributed by atoms with Crippen molar-refractivity contribution in [2.75, 3.05) is 13.7 Å². The van der Waals surface area contributed by atoms with Gasteiger partial charge in [-0.1, -0.05) is 12.1 Å². The lowest BCUT2D eigenvalue weighted by atomic mass is 10.1. The lowest BCUT2D eigenvalue weighted by Crippen LogP contribution is -2.16. The van der Waals surface area contributed by atoms with E-state index < -0.39 is 0 Å². The van der Waals surface area contributed by atoms with Crippen LogP contribution in [-0.2, 0) is 4.74 Å². The Bertz CT molecular complexity index is 293. The monoisotopic (exact) mass is 247 g/mol. The van der Waals surface area contributed by atoms with E-state index in [0.717, 1.165) is 5.56 Å². The third kappa shape index (κ3) is 2.49. The Morgan fingerprint density at radius 1 is 1.62 bits per heavy atom. The number of hydrogen-bond acceptors (Lipinski definition) is 2. The Hall–Kier alpha value is -0.450. The summed E-state index contributed by atoms with van der Waals surface area (Å²) in [4.78, 5) is 0. The number of nitrogens with two attached hydrogens (primary N) is 1. The molecule has 72 valence electrons. The molecule has 0 bridgehead atoms. The normalized spacial score (nSPS) is 12.9. The number of rotatable bonds is 3. The van der Waals surface area contributed by atoms with E-state index >= 15 is 0 Å². The van der Waals surface area contributed by atoms with Crippen LogP contribution in [0.5, 0.6) is 0 Å². The van der Waals surface area contributed by atoms with Crippen LogP contribution in [0.25, 0.3) is 0 Å². The highest BCUT2D eigenvalue weighted by atomic mass is 79.9. The molecule has 1 aromatic carbocycles. The molecule has 0 spiro atoms. The predicted molar refractivity (Wildman–Crippen MR) is 52.9 cm³/mol. The fourth-order valence-corrected chi connectivity index (χ4v) is 1.63. The van der Waals surface area contributed by atoms with Crippen molar-refractivity contribution in [1.82, 2.24) is 0 Å². The van der Waals surface area contributed by atoms with Gasteiger partial charge in [0, 0.05) is 7.11 Å². The van der Waals surface area contributed by atoms with Gasteiger partial charge in [0.05, 0.1) is 17.1 Å². The maximum absolute atomic E-state index is 13.0. The largest absolute Gasteiger partial charge is 0.383 e. The third-order valence-electron chi connectivity index (χ3n) is 1.73. The fourth-order valence-electron chi connectivity index (χ4n) is 1.08. The van der Waals surface area contributed by atoms with Gasteiger partial charge in [-0.2, -0.15) is 0 Å². The van der Waals surface area contributed by atoms with E-state index in [1.807, 2.05) is 0 Å². The molecule has 4 heteroatoms. The van der Waals surface area contributed by atoms with E-state index in [2.05, 4.69) is 15.9 Å². The van der Waals surface area contributed by atoms with Crippen molar-refractivity contribution < 1.29 is 9.13 Å². The molecule has 1 atom stereocenters. The van der Waals surface area contributed by atoms with Gasteiger partial charge < -0.3 is 10.5 Å². The summed E-state index contributed by atoms with van der Waals surface area (Å²) in [5, 5.41) is 0. The van der Waals surface area contributed by atoms with Crippen molar-refractivity contribution in [3.8, 4) is 0 Å². The molecule has 0 unspecified atom stereocenters. The molecule has 2 N–H and O–H groups in total. The summed E-state index contributed by atoms with van der Waals surface area (Å²) in [6.07, 6.45) is 0. The maximum atomic E-state index is 13.0. The first-order valence-corrected chi connectivity index (χ1v) is 4.64. The Labute approximate surface area is 85.0 Å². The standard InChI is InChI=1S/C9H11BrFNO/c1-13-5-8(12)6-3-2-4-7(11)9(6)10/h2-4,8H,5,12H2,1H3/t8-/m0/s1. The minimum absolute atomic E-state index is 0.296. The van der Waals surface area contributed by atoms with Gasteiger partial charge in [-0.25, -0.2) is 4.39 Å². The van der Waals surface area contributed by atoms with Crippen molar-refractivity contribution in [3.63, 3.8) is 0 Å². The summed E-state index contributed by atoms with van der Waals surface area (Å²) < 4.78 is 18.3. The number of hydrogen-bond donors (Lipinski definition) is 1. The number of methoxy groups -OCH3 is 1. The fraction of sp³-hybridized carbons (Fsp3) is 0.333. The second-order valence-corrected chi connectivity index (χ2v) is 3.50. The van der Waals surface area contributed by atoms with E-state index in [4.69, 9.17) is 10.5 Å². The van der Waals surface area contributed by atoms with Crippen molar-refractivity contribution >= 4 is 15.9 Å². The first-order valence-electron chi connectivity index (χ1n) is 3.85. The Balaban J connectivity index is 2.93. The molecule has 0 aromatic heterocycles. The molecule has 0 saturated heterocycles. The zero-order valence-corrected chi connectivity index (χ0v) is 8.84. The summed E-state index contributed by atoms with van der Waals surface area (Å²) in [5.41, 5.74) is 6.48. The lowest BCUT2D eigenvalue weighted by molar-refractivity contribution is 0.180. The minimum atomic E-state index is -0.302. The second-order valence-electron chi connectivity index (χ2n) is 2.70. The zero-order valence-electron chi connectivity index (χ0n) is 7.26. The van der Waals surface area contributed by atoms with Crippen LogP contribution in [0.4, 0.5) is 4.39 Å². The van der Waals surface area contributed by atoms with Crippen LogP contribution in [-0.4, -0.2) is 13.7 Å². The van der Waals surface area contributed by atoms with Crippen molar-refractivity contribution in [2.45, 2.75) is 6.04 Å². The Kier molecular flexibility index (Phi) is 3.84. The van der Waals surface area contributed by atoms with Gasteiger partial charge in [-0.05, 0) is 27.6 Å². The molecular weight excluding hydrogens is 237 g/mol. The first kappa shape index (κ1) is 10.6. The molecule has 13 heavy (non-hydrogen) atoms. The quantitative estimate of drug-likeness (QED) is 0.890. The molecule has 0 radical (unpaired) electrons. The summed E-state index contributed by atoms with van der Waals surface area (Å²) in [6, 6.07) is 4.49. The van der Waals surface area contributed by atoms with E-state index in [0.29, 0.717) is 11.1 Å². The molecule has 0 aliphatic rings. The average Bonchev–Trinajstić information content (AvgIpc) is 2.10. The number of ether oxygens (including phenoxy) is 1. The van der Waals surface area contributed by atoms with E-state index in [1.165, 1.54) is 6.07 Å². The van der Waals surface area contributed by atoms with Crippen LogP contribution in [0.1, 0.15) is 11.6 Å². The molecule has 0 heterocycles. The van der Waals surface area contributed by atoms with Crippen LogP contribution in [0.2, 0.25) is 0 Å². The van der Waals surface area contributed by atoms with Crippen LogP contribution in [0.15, 0.2) is 22.7 Å². The van der Waals surface area contributed by atoms with Gasteiger partial charge in [-0.15, -0.1) is 0 Å². The van der Waals surface area contributed by atoms with Crippen molar-refractivity contribution in [2.24, 2.45) is 5.73 Å². The highest BCUT2D eigenvalue weighted by Gasteiger charge is 2.11. The summed E-state index contributed by atoms with van der Waals surface area (Å²) in [6.45, 7) is 0.377. The third-order valence-corrected chi connectivity index (χ3v) is 2.56. The first-order chi connectivity index (χ1) is 6.16. The van der Waals surface area contributed by atoms with Crippen LogP contribution in [0, 0.1) is 5.82 Å². The van der Waals surface area contributed by atoms with Crippen LogP contribution < -0.4 is 5.73 Å². The maximum Gasteiger partial charge on any atom is 0.137 e. The molecule has 1 aromatic rings. The zero-order chi connectivity index (χ0) is 9.84. The molecule has 0 amide bonds. The van der Waals surface area contributed by atoms with Gasteiger partial charge in [-0.3, -0.25) is 0 Å². The molecule has 0 aliphatic heterocycles. The van der Waals surface area contributed by atoms with E-state index in [1.54, 1.807) is 19.2 Å². The molecule has 0 saturated carbocycles. The van der Waals surface area contributed by atoms with Crippen LogP contribution in [0.3, 0.4) is 0 Å². The highest BCUT2D eigenvalue weighted by Crippen LogP contribution is 2.24. The van der Waals surface area contributed by atoms with E-state index in [-0.39, 0.29) is 11.9 Å². The SMILES string of the molecule is COC[C@H](N)c1cccc(F)c1Br. The highest BCUT2D eigenvalue weighted by molar-refractivity contribution is 9.10. The van der Waals surface area contributed by atoms with Crippen molar-refractivity contribution in [1.29, 1.82) is 0 Å². The smallest absolute Gasteiger partial charge is 0.137 e. The van der Waals surface area contributed by atoms with E-state index in [9.17, 15) is 4.39 Å². The van der Waals surface area contributed by atoms with Crippen LogP contribution >= 0.6 is 15.9 Å². The van der Waals surface area contributed by atoms with Gasteiger partial charge >= 0.3 is 0 Å².